The van der Waals surface area contributed by atoms with Crippen LogP contribution in [0.4, 0.5) is 0 Å². The number of aromatic nitrogens is 2. The fourth-order valence-electron chi connectivity index (χ4n) is 3.54. The Bertz CT molecular complexity index is 1180. The highest BCUT2D eigenvalue weighted by Gasteiger charge is 2.20. The van der Waals surface area contributed by atoms with Crippen molar-refractivity contribution in [2.24, 2.45) is 5.10 Å². The maximum absolute atomic E-state index is 13.0. The summed E-state index contributed by atoms with van der Waals surface area (Å²) in [6.45, 7) is 1.70. The largest absolute Gasteiger partial charge is 0.490 e. The van der Waals surface area contributed by atoms with Crippen LogP contribution in [0, 0.1) is 0 Å². The highest BCUT2D eigenvalue weighted by atomic mass is 32.1. The number of hydrogen-bond acceptors (Lipinski definition) is 7. The molecule has 30 heavy (non-hydrogen) atoms. The molecule has 0 saturated heterocycles. The highest BCUT2D eigenvalue weighted by molar-refractivity contribution is 7.18. The lowest BCUT2D eigenvalue weighted by atomic mass is 9.97. The monoisotopic (exact) mass is 427 g/mol. The second-order valence-corrected chi connectivity index (χ2v) is 7.90. The van der Waals surface area contributed by atoms with Gasteiger partial charge in [0.2, 0.25) is 0 Å². The zero-order chi connectivity index (χ0) is 21.1. The van der Waals surface area contributed by atoms with Gasteiger partial charge in [0.1, 0.15) is 11.2 Å². The molecule has 4 rings (SSSR count). The number of aryl methyl sites for hydroxylation is 2. The molecule has 1 aromatic carbocycles. The first kappa shape index (κ1) is 20.1. The van der Waals surface area contributed by atoms with Gasteiger partial charge in [0.15, 0.2) is 18.1 Å². The average Bonchev–Trinajstić information content (AvgIpc) is 3.12. The van der Waals surface area contributed by atoms with Gasteiger partial charge in [-0.15, -0.1) is 11.3 Å². The number of hydrogen-bond donors (Lipinski definition) is 1. The Labute approximate surface area is 176 Å². The summed E-state index contributed by atoms with van der Waals surface area (Å²) in [5, 5.41) is 13.9. The molecule has 2 aromatic heterocycles. The molecule has 1 aliphatic rings. The average molecular weight is 427 g/mol. The zero-order valence-electron chi connectivity index (χ0n) is 16.5. The van der Waals surface area contributed by atoms with E-state index in [0.29, 0.717) is 23.3 Å². The Morgan fingerprint density at radius 1 is 1.33 bits per heavy atom. The van der Waals surface area contributed by atoms with Crippen LogP contribution in [0.2, 0.25) is 0 Å². The van der Waals surface area contributed by atoms with Crippen molar-refractivity contribution in [3.05, 3.63) is 50.9 Å². The number of carboxylic acid groups (broad SMARTS) is 1. The molecule has 0 fully saturated rings. The van der Waals surface area contributed by atoms with Gasteiger partial charge in [-0.3, -0.25) is 4.79 Å². The lowest BCUT2D eigenvalue weighted by Gasteiger charge is -2.13. The second-order valence-electron chi connectivity index (χ2n) is 6.82. The first-order valence-corrected chi connectivity index (χ1v) is 10.6. The van der Waals surface area contributed by atoms with E-state index in [1.54, 1.807) is 29.5 Å². The van der Waals surface area contributed by atoms with Gasteiger partial charge in [0, 0.05) is 10.4 Å². The lowest BCUT2D eigenvalue weighted by Crippen LogP contribution is -2.18. The minimum absolute atomic E-state index is 0.204. The Hall–Kier alpha value is -3.20. The zero-order valence-corrected chi connectivity index (χ0v) is 17.3. The normalized spacial score (nSPS) is 13.5. The van der Waals surface area contributed by atoms with E-state index in [-0.39, 0.29) is 11.3 Å². The van der Waals surface area contributed by atoms with Crippen LogP contribution in [-0.4, -0.2) is 40.2 Å². The van der Waals surface area contributed by atoms with E-state index < -0.39 is 12.6 Å². The number of nitrogens with zero attached hydrogens (tertiary/aromatic N) is 3. The van der Waals surface area contributed by atoms with E-state index >= 15 is 0 Å². The molecule has 3 aromatic rings. The molecular formula is C21H21N3O5S. The third-order valence-electron chi connectivity index (χ3n) is 4.83. The highest BCUT2D eigenvalue weighted by Crippen LogP contribution is 2.33. The summed E-state index contributed by atoms with van der Waals surface area (Å²) in [6.07, 6.45) is 6.96. The van der Waals surface area contributed by atoms with Crippen molar-refractivity contribution in [1.29, 1.82) is 0 Å². The molecule has 1 N–H and O–H groups in total. The van der Waals surface area contributed by atoms with Gasteiger partial charge in [-0.25, -0.2) is 9.78 Å². The molecule has 0 radical (unpaired) electrons. The van der Waals surface area contributed by atoms with Gasteiger partial charge < -0.3 is 14.6 Å². The van der Waals surface area contributed by atoms with Crippen molar-refractivity contribution in [2.45, 2.75) is 32.6 Å². The molecular weight excluding hydrogens is 406 g/mol. The molecule has 0 aliphatic heterocycles. The summed E-state index contributed by atoms with van der Waals surface area (Å²) in [5.74, 6) is -0.423. The standard InChI is InChI=1S/C21H21N3O5S/c1-2-28-15-8-5-6-13(19(15)29-11-17(25)26)10-23-24-12-22-20-18(21(24)27)14-7-3-4-9-16(14)30-20/h5-6,8,10,12H,2-4,7,9,11H2,1H3,(H,25,26). The maximum atomic E-state index is 13.0. The van der Waals surface area contributed by atoms with Crippen molar-refractivity contribution in [1.82, 2.24) is 9.66 Å². The number of benzene rings is 1. The number of carbonyl (C=O) groups is 1. The predicted molar refractivity (Wildman–Crippen MR) is 114 cm³/mol. The van der Waals surface area contributed by atoms with E-state index in [9.17, 15) is 9.59 Å². The Balaban J connectivity index is 1.72. The van der Waals surface area contributed by atoms with Crippen molar-refractivity contribution < 1.29 is 19.4 Å². The van der Waals surface area contributed by atoms with Crippen LogP contribution in [0.3, 0.4) is 0 Å². The SMILES string of the molecule is CCOc1cccc(C=Nn2cnc3sc4c(c3c2=O)CCCC4)c1OCC(=O)O. The van der Waals surface area contributed by atoms with E-state index in [0.717, 1.165) is 36.1 Å². The fourth-order valence-corrected chi connectivity index (χ4v) is 4.76. The van der Waals surface area contributed by atoms with Crippen LogP contribution in [0.15, 0.2) is 34.4 Å². The van der Waals surface area contributed by atoms with Crippen LogP contribution in [0.1, 0.15) is 35.8 Å². The van der Waals surface area contributed by atoms with Gasteiger partial charge >= 0.3 is 5.97 Å². The van der Waals surface area contributed by atoms with Gasteiger partial charge in [-0.1, -0.05) is 6.07 Å². The summed E-state index contributed by atoms with van der Waals surface area (Å²) in [5.41, 5.74) is 1.40. The van der Waals surface area contributed by atoms with Crippen LogP contribution >= 0.6 is 11.3 Å². The van der Waals surface area contributed by atoms with Crippen molar-refractivity contribution in [3.63, 3.8) is 0 Å². The molecule has 0 amide bonds. The smallest absolute Gasteiger partial charge is 0.341 e. The molecule has 8 nitrogen and oxygen atoms in total. The quantitative estimate of drug-likeness (QED) is 0.581. The minimum Gasteiger partial charge on any atom is -0.490 e. The maximum Gasteiger partial charge on any atom is 0.341 e. The van der Waals surface area contributed by atoms with Gasteiger partial charge in [0.25, 0.3) is 5.56 Å². The van der Waals surface area contributed by atoms with E-state index in [4.69, 9.17) is 14.6 Å². The van der Waals surface area contributed by atoms with Crippen LogP contribution in [0.5, 0.6) is 11.5 Å². The summed E-state index contributed by atoms with van der Waals surface area (Å²) < 4.78 is 12.2. The van der Waals surface area contributed by atoms with Crippen molar-refractivity contribution >= 4 is 33.7 Å². The van der Waals surface area contributed by atoms with Crippen molar-refractivity contribution in [3.8, 4) is 11.5 Å². The van der Waals surface area contributed by atoms with E-state index in [1.807, 2.05) is 6.92 Å². The van der Waals surface area contributed by atoms with Crippen LogP contribution in [-0.2, 0) is 17.6 Å². The molecule has 2 heterocycles. The number of ether oxygens (including phenoxy) is 2. The topological polar surface area (TPSA) is 103 Å². The molecule has 1 aliphatic carbocycles. The number of rotatable bonds is 7. The third-order valence-corrected chi connectivity index (χ3v) is 6.03. The number of para-hydroxylation sites is 1. The molecule has 0 saturated carbocycles. The van der Waals surface area contributed by atoms with Crippen LogP contribution < -0.4 is 15.0 Å². The summed E-state index contributed by atoms with van der Waals surface area (Å²) in [4.78, 5) is 30.4. The summed E-state index contributed by atoms with van der Waals surface area (Å²) >= 11 is 1.59. The molecule has 156 valence electrons. The summed E-state index contributed by atoms with van der Waals surface area (Å²) in [7, 11) is 0. The van der Waals surface area contributed by atoms with E-state index in [1.165, 1.54) is 22.1 Å². The van der Waals surface area contributed by atoms with Crippen molar-refractivity contribution in [2.75, 3.05) is 13.2 Å². The van der Waals surface area contributed by atoms with Crippen LogP contribution in [0.25, 0.3) is 10.2 Å². The number of thiophene rings is 1. The lowest BCUT2D eigenvalue weighted by molar-refractivity contribution is -0.139. The minimum atomic E-state index is -1.10. The van der Waals surface area contributed by atoms with Gasteiger partial charge in [0.05, 0.1) is 18.2 Å². The summed E-state index contributed by atoms with van der Waals surface area (Å²) in [6, 6.07) is 5.15. The predicted octanol–water partition coefficient (Wildman–Crippen LogP) is 3.08. The van der Waals surface area contributed by atoms with E-state index in [2.05, 4.69) is 10.1 Å². The van der Waals surface area contributed by atoms with Gasteiger partial charge in [-0.05, 0) is 50.3 Å². The number of carboxylic acids is 1. The Morgan fingerprint density at radius 2 is 2.17 bits per heavy atom. The molecule has 9 heteroatoms. The first-order chi connectivity index (χ1) is 14.6. The molecule has 0 bridgehead atoms. The Morgan fingerprint density at radius 3 is 2.97 bits per heavy atom. The first-order valence-electron chi connectivity index (χ1n) is 9.75. The fraction of sp³-hybridized carbons (Fsp3) is 0.333. The van der Waals surface area contributed by atoms with Gasteiger partial charge in [-0.2, -0.15) is 9.78 Å². The molecule has 0 unspecified atom stereocenters. The second kappa shape index (κ2) is 8.66. The Kier molecular flexibility index (Phi) is 5.80. The molecule has 0 atom stereocenters. The third kappa shape index (κ3) is 3.93. The number of aliphatic carboxylic acids is 1. The molecule has 0 spiro atoms. The number of fused-ring (bicyclic) bond motifs is 3.